The lowest BCUT2D eigenvalue weighted by Gasteiger charge is -2.59. The second-order valence-corrected chi connectivity index (χ2v) is 8.11. The van der Waals surface area contributed by atoms with Crippen LogP contribution >= 0.6 is 0 Å². The van der Waals surface area contributed by atoms with E-state index in [1.807, 2.05) is 0 Å². The van der Waals surface area contributed by atoms with Gasteiger partial charge in [-0.15, -0.1) is 0 Å². The Labute approximate surface area is 123 Å². The zero-order valence-electron chi connectivity index (χ0n) is 12.8. The van der Waals surface area contributed by atoms with Gasteiger partial charge in [0.15, 0.2) is 0 Å². The lowest BCUT2D eigenvalue weighted by molar-refractivity contribution is -0.0689. The molecule has 4 saturated carbocycles. The Morgan fingerprint density at radius 2 is 1.70 bits per heavy atom. The van der Waals surface area contributed by atoms with Crippen molar-refractivity contribution in [3.05, 3.63) is 35.9 Å². The fraction of sp³-hybridized carbons (Fsp3) is 0.684. The van der Waals surface area contributed by atoms with E-state index in [4.69, 9.17) is 0 Å². The molecule has 3 atom stereocenters. The van der Waals surface area contributed by atoms with Gasteiger partial charge in [0.05, 0.1) is 0 Å². The summed E-state index contributed by atoms with van der Waals surface area (Å²) in [6.45, 7) is 4.89. The van der Waals surface area contributed by atoms with Gasteiger partial charge in [0, 0.05) is 12.1 Å². The van der Waals surface area contributed by atoms with Gasteiger partial charge in [-0.05, 0) is 67.8 Å². The van der Waals surface area contributed by atoms with E-state index < -0.39 is 0 Å². The minimum absolute atomic E-state index is 0.492. The first-order valence-electron chi connectivity index (χ1n) is 8.44. The fourth-order valence-corrected chi connectivity index (χ4v) is 5.83. The Morgan fingerprint density at radius 3 is 2.30 bits per heavy atom. The summed E-state index contributed by atoms with van der Waals surface area (Å²) in [5, 5.41) is 4.00. The van der Waals surface area contributed by atoms with Crippen molar-refractivity contribution in [1.82, 2.24) is 5.32 Å². The third kappa shape index (κ3) is 2.11. The molecule has 5 rings (SSSR count). The first kappa shape index (κ1) is 12.9. The minimum atomic E-state index is 0.492. The molecule has 0 spiro atoms. The lowest BCUT2D eigenvalue weighted by Crippen LogP contribution is -2.57. The van der Waals surface area contributed by atoms with Crippen molar-refractivity contribution >= 4 is 0 Å². The Balaban J connectivity index is 1.50. The molecule has 0 saturated heterocycles. The highest BCUT2D eigenvalue weighted by Crippen LogP contribution is 2.59. The molecule has 4 aliphatic carbocycles. The zero-order chi connectivity index (χ0) is 13.7. The molecule has 20 heavy (non-hydrogen) atoms. The van der Waals surface area contributed by atoms with Gasteiger partial charge < -0.3 is 5.32 Å². The standard InChI is InChI=1S/C19H27N/c1-13(15-6-4-3-5-7-15)20-18-16-8-14-9-17(18)12-19(2,10-14)11-16/h3-7,13-14,16-18,20H,8-12H2,1-2H3/t13?,14?,16?,17?,18-,19+. The topological polar surface area (TPSA) is 12.0 Å². The maximum atomic E-state index is 4.00. The monoisotopic (exact) mass is 269 g/mol. The normalized spacial score (nSPS) is 43.7. The molecule has 1 aromatic carbocycles. The van der Waals surface area contributed by atoms with Crippen LogP contribution in [0.4, 0.5) is 0 Å². The van der Waals surface area contributed by atoms with Gasteiger partial charge in [0.1, 0.15) is 0 Å². The summed E-state index contributed by atoms with van der Waals surface area (Å²) in [7, 11) is 0. The molecule has 1 nitrogen and oxygen atoms in total. The molecule has 4 bridgehead atoms. The van der Waals surface area contributed by atoms with E-state index >= 15 is 0 Å². The molecule has 108 valence electrons. The maximum Gasteiger partial charge on any atom is 0.0294 e. The van der Waals surface area contributed by atoms with Crippen molar-refractivity contribution in [1.29, 1.82) is 0 Å². The number of nitrogens with one attached hydrogen (secondary N) is 1. The van der Waals surface area contributed by atoms with Crippen molar-refractivity contribution in [3.63, 3.8) is 0 Å². The van der Waals surface area contributed by atoms with Crippen molar-refractivity contribution < 1.29 is 0 Å². The predicted octanol–water partition coefficient (Wildman–Crippen LogP) is 4.55. The number of rotatable bonds is 3. The number of benzene rings is 1. The van der Waals surface area contributed by atoms with Crippen LogP contribution in [0, 0.1) is 23.2 Å². The first-order chi connectivity index (χ1) is 9.63. The van der Waals surface area contributed by atoms with Crippen LogP contribution in [-0.2, 0) is 0 Å². The average Bonchev–Trinajstić information content (AvgIpc) is 2.42. The van der Waals surface area contributed by atoms with Crippen molar-refractivity contribution in [2.45, 2.75) is 58.0 Å². The molecule has 3 unspecified atom stereocenters. The van der Waals surface area contributed by atoms with Crippen LogP contribution in [0.2, 0.25) is 0 Å². The van der Waals surface area contributed by atoms with Gasteiger partial charge in [-0.25, -0.2) is 0 Å². The van der Waals surface area contributed by atoms with Crippen LogP contribution in [0.25, 0.3) is 0 Å². The van der Waals surface area contributed by atoms with Gasteiger partial charge in [-0.1, -0.05) is 37.3 Å². The minimum Gasteiger partial charge on any atom is -0.307 e. The third-order valence-corrected chi connectivity index (χ3v) is 6.32. The van der Waals surface area contributed by atoms with Gasteiger partial charge >= 0.3 is 0 Å². The van der Waals surface area contributed by atoms with E-state index in [9.17, 15) is 0 Å². The summed E-state index contributed by atoms with van der Waals surface area (Å²) in [6, 6.07) is 12.2. The van der Waals surface area contributed by atoms with Gasteiger partial charge in [-0.3, -0.25) is 0 Å². The summed E-state index contributed by atoms with van der Waals surface area (Å²) < 4.78 is 0. The first-order valence-corrected chi connectivity index (χ1v) is 8.44. The molecule has 0 aromatic heterocycles. The highest BCUT2D eigenvalue weighted by atomic mass is 15.0. The molecule has 0 heterocycles. The van der Waals surface area contributed by atoms with Crippen LogP contribution in [0.5, 0.6) is 0 Å². The average molecular weight is 269 g/mol. The van der Waals surface area contributed by atoms with Crippen molar-refractivity contribution in [2.75, 3.05) is 0 Å². The number of hydrogen-bond donors (Lipinski definition) is 1. The second kappa shape index (κ2) is 4.59. The van der Waals surface area contributed by atoms with E-state index in [-0.39, 0.29) is 0 Å². The highest BCUT2D eigenvalue weighted by molar-refractivity contribution is 5.19. The Hall–Kier alpha value is -0.820. The van der Waals surface area contributed by atoms with E-state index in [0.717, 1.165) is 23.8 Å². The zero-order valence-corrected chi connectivity index (χ0v) is 12.8. The molecular formula is C19H27N. The molecule has 1 N–H and O–H groups in total. The largest absolute Gasteiger partial charge is 0.307 e. The summed E-state index contributed by atoms with van der Waals surface area (Å²) in [6.07, 6.45) is 7.44. The van der Waals surface area contributed by atoms with Crippen LogP contribution in [0.15, 0.2) is 30.3 Å². The van der Waals surface area contributed by atoms with Crippen LogP contribution in [0.1, 0.15) is 57.6 Å². The van der Waals surface area contributed by atoms with E-state index in [1.165, 1.54) is 37.7 Å². The van der Waals surface area contributed by atoms with E-state index in [1.54, 1.807) is 0 Å². The van der Waals surface area contributed by atoms with E-state index in [2.05, 4.69) is 49.5 Å². The molecule has 1 aromatic rings. The third-order valence-electron chi connectivity index (χ3n) is 6.32. The van der Waals surface area contributed by atoms with Crippen molar-refractivity contribution in [2.24, 2.45) is 23.2 Å². The summed E-state index contributed by atoms with van der Waals surface area (Å²) in [5.41, 5.74) is 2.12. The Morgan fingerprint density at radius 1 is 1.05 bits per heavy atom. The molecule has 0 radical (unpaired) electrons. The lowest BCUT2D eigenvalue weighted by atomic mass is 9.48. The molecule has 0 amide bonds. The quantitative estimate of drug-likeness (QED) is 0.848. The van der Waals surface area contributed by atoms with E-state index in [0.29, 0.717) is 11.5 Å². The Kier molecular flexibility index (Phi) is 2.96. The van der Waals surface area contributed by atoms with Gasteiger partial charge in [-0.2, -0.15) is 0 Å². The molecule has 0 aliphatic heterocycles. The van der Waals surface area contributed by atoms with Crippen LogP contribution in [0.3, 0.4) is 0 Å². The highest BCUT2D eigenvalue weighted by Gasteiger charge is 2.53. The molecule has 4 aliphatic rings. The predicted molar refractivity (Wildman–Crippen MR) is 83.4 cm³/mol. The maximum absolute atomic E-state index is 4.00. The molecule has 4 fully saturated rings. The van der Waals surface area contributed by atoms with Crippen LogP contribution in [-0.4, -0.2) is 6.04 Å². The molecule has 1 heteroatoms. The van der Waals surface area contributed by atoms with Crippen molar-refractivity contribution in [3.8, 4) is 0 Å². The van der Waals surface area contributed by atoms with Crippen LogP contribution < -0.4 is 5.32 Å². The smallest absolute Gasteiger partial charge is 0.0294 e. The number of hydrogen-bond acceptors (Lipinski definition) is 1. The summed E-state index contributed by atoms with van der Waals surface area (Å²) >= 11 is 0. The fourth-order valence-electron chi connectivity index (χ4n) is 5.83. The summed E-state index contributed by atoms with van der Waals surface area (Å²) in [4.78, 5) is 0. The van der Waals surface area contributed by atoms with Gasteiger partial charge in [0.2, 0.25) is 0 Å². The summed E-state index contributed by atoms with van der Waals surface area (Å²) in [5.74, 6) is 2.93. The molecular weight excluding hydrogens is 242 g/mol. The van der Waals surface area contributed by atoms with Gasteiger partial charge in [0.25, 0.3) is 0 Å². The second-order valence-electron chi connectivity index (χ2n) is 8.11. The SMILES string of the molecule is CC(N[C@H]1C2CC3CC1C[C@](C)(C3)C2)c1ccccc1. The Bertz CT molecular complexity index is 464.